The fraction of sp³-hybridized carbons (Fsp3) is 0.100. The van der Waals surface area contributed by atoms with Crippen LogP contribution in [-0.2, 0) is 6.42 Å². The number of hydrogen-bond donors (Lipinski definition) is 0. The molecule has 134 valence electrons. The average molecular weight is 362 g/mol. The van der Waals surface area contributed by atoms with E-state index in [2.05, 4.69) is 10.1 Å². The molecule has 0 radical (unpaired) electrons. The van der Waals surface area contributed by atoms with E-state index in [0.717, 1.165) is 16.8 Å². The van der Waals surface area contributed by atoms with Crippen molar-refractivity contribution in [3.8, 4) is 22.4 Å². The first-order valence-electron chi connectivity index (χ1n) is 8.46. The lowest BCUT2D eigenvalue weighted by Gasteiger charge is -2.05. The molecule has 4 aromatic rings. The van der Waals surface area contributed by atoms with Crippen molar-refractivity contribution >= 4 is 11.3 Å². The predicted octanol–water partition coefficient (Wildman–Crippen LogP) is 4.67. The van der Waals surface area contributed by atoms with E-state index < -0.39 is 4.92 Å². The molecule has 4 rings (SSSR count). The predicted molar refractivity (Wildman–Crippen MR) is 99.8 cm³/mol. The number of aromatic nitrogens is 3. The number of nitrogens with zero attached hydrogens (tertiary/aromatic N) is 4. The van der Waals surface area contributed by atoms with Crippen molar-refractivity contribution in [3.63, 3.8) is 0 Å². The smallest absolute Gasteiger partial charge is 0.258 e. The maximum atomic E-state index is 13.3. The Labute approximate surface area is 154 Å². The van der Waals surface area contributed by atoms with Gasteiger partial charge in [0.05, 0.1) is 16.3 Å². The van der Waals surface area contributed by atoms with Gasteiger partial charge < -0.3 is 0 Å². The first-order chi connectivity index (χ1) is 13.1. The minimum atomic E-state index is -0.424. The van der Waals surface area contributed by atoms with Gasteiger partial charge in [0, 0.05) is 29.5 Å². The lowest BCUT2D eigenvalue weighted by atomic mass is 10.0. The molecule has 0 amide bonds. The van der Waals surface area contributed by atoms with Crippen molar-refractivity contribution in [2.24, 2.45) is 0 Å². The van der Waals surface area contributed by atoms with Gasteiger partial charge in [0.1, 0.15) is 5.82 Å². The number of nitro benzene ring substituents is 1. The van der Waals surface area contributed by atoms with Gasteiger partial charge in [-0.1, -0.05) is 31.2 Å². The van der Waals surface area contributed by atoms with E-state index in [0.29, 0.717) is 23.3 Å². The van der Waals surface area contributed by atoms with Crippen LogP contribution in [0.5, 0.6) is 0 Å². The largest absolute Gasteiger partial charge is 0.270 e. The summed E-state index contributed by atoms with van der Waals surface area (Å²) in [6, 6.07) is 14.4. The van der Waals surface area contributed by atoms with Crippen molar-refractivity contribution in [2.75, 3.05) is 0 Å². The Kier molecular flexibility index (Phi) is 4.12. The molecule has 2 aromatic carbocycles. The zero-order valence-corrected chi connectivity index (χ0v) is 14.5. The second kappa shape index (κ2) is 6.60. The van der Waals surface area contributed by atoms with Crippen LogP contribution in [0.15, 0.2) is 60.8 Å². The molecule has 0 N–H and O–H groups in total. The molecule has 2 aromatic heterocycles. The molecular weight excluding hydrogens is 347 g/mol. The topological polar surface area (TPSA) is 73.3 Å². The van der Waals surface area contributed by atoms with Crippen molar-refractivity contribution in [1.82, 2.24) is 14.6 Å². The first kappa shape index (κ1) is 16.8. The fourth-order valence-corrected chi connectivity index (χ4v) is 3.15. The molecule has 0 spiro atoms. The van der Waals surface area contributed by atoms with E-state index in [1.165, 1.54) is 24.3 Å². The summed E-state index contributed by atoms with van der Waals surface area (Å²) >= 11 is 0. The quantitative estimate of drug-likeness (QED) is 0.390. The van der Waals surface area contributed by atoms with Crippen molar-refractivity contribution in [1.29, 1.82) is 0 Å². The van der Waals surface area contributed by atoms with Crippen LogP contribution in [0.2, 0.25) is 0 Å². The van der Waals surface area contributed by atoms with Crippen LogP contribution >= 0.6 is 0 Å². The normalized spacial score (nSPS) is 11.0. The molecular formula is C20H15FN4O2. The monoisotopic (exact) mass is 362 g/mol. The molecule has 0 aliphatic heterocycles. The number of aryl methyl sites for hydroxylation is 1. The Balaban J connectivity index is 1.96. The summed E-state index contributed by atoms with van der Waals surface area (Å²) in [7, 11) is 0. The van der Waals surface area contributed by atoms with E-state index in [-0.39, 0.29) is 11.5 Å². The number of benzene rings is 2. The number of fused-ring (bicyclic) bond motifs is 1. The second-order valence-corrected chi connectivity index (χ2v) is 6.06. The van der Waals surface area contributed by atoms with Crippen molar-refractivity contribution < 1.29 is 9.31 Å². The van der Waals surface area contributed by atoms with Gasteiger partial charge in [0.15, 0.2) is 5.65 Å². The van der Waals surface area contributed by atoms with Gasteiger partial charge in [-0.05, 0) is 30.2 Å². The maximum absolute atomic E-state index is 13.3. The highest BCUT2D eigenvalue weighted by molar-refractivity contribution is 5.81. The third-order valence-electron chi connectivity index (χ3n) is 4.41. The van der Waals surface area contributed by atoms with Crippen LogP contribution in [0.25, 0.3) is 28.0 Å². The highest BCUT2D eigenvalue weighted by Crippen LogP contribution is 2.31. The minimum absolute atomic E-state index is 0.0130. The molecule has 0 bridgehead atoms. The molecule has 7 heteroatoms. The van der Waals surface area contributed by atoms with Crippen LogP contribution in [0.3, 0.4) is 0 Å². The Bertz CT molecular complexity index is 1150. The zero-order chi connectivity index (χ0) is 19.0. The molecule has 0 unspecified atom stereocenters. The zero-order valence-electron chi connectivity index (χ0n) is 14.5. The fourth-order valence-electron chi connectivity index (χ4n) is 3.15. The van der Waals surface area contributed by atoms with Crippen LogP contribution in [0, 0.1) is 15.9 Å². The van der Waals surface area contributed by atoms with Crippen molar-refractivity contribution in [2.45, 2.75) is 13.3 Å². The lowest BCUT2D eigenvalue weighted by molar-refractivity contribution is -0.384. The summed E-state index contributed by atoms with van der Waals surface area (Å²) in [6.07, 6.45) is 2.32. The third kappa shape index (κ3) is 2.93. The van der Waals surface area contributed by atoms with E-state index in [1.807, 2.05) is 6.92 Å². The van der Waals surface area contributed by atoms with Crippen molar-refractivity contribution in [3.05, 3.63) is 82.4 Å². The third-order valence-corrected chi connectivity index (χ3v) is 4.41. The highest BCUT2D eigenvalue weighted by atomic mass is 19.1. The molecule has 27 heavy (non-hydrogen) atoms. The molecule has 0 atom stereocenters. The van der Waals surface area contributed by atoms with Gasteiger partial charge in [0.2, 0.25) is 0 Å². The number of nitro groups is 1. The minimum Gasteiger partial charge on any atom is -0.258 e. The Morgan fingerprint density at radius 1 is 1.11 bits per heavy atom. The molecule has 6 nitrogen and oxygen atoms in total. The van der Waals surface area contributed by atoms with Crippen LogP contribution in [0.1, 0.15) is 12.6 Å². The number of halogens is 1. The van der Waals surface area contributed by atoms with Crippen LogP contribution in [-0.4, -0.2) is 19.5 Å². The second-order valence-electron chi connectivity index (χ2n) is 6.06. The molecule has 0 aliphatic carbocycles. The van der Waals surface area contributed by atoms with Gasteiger partial charge in [-0.3, -0.25) is 10.1 Å². The number of rotatable bonds is 4. The number of non-ortho nitro benzene ring substituents is 1. The Morgan fingerprint density at radius 2 is 1.89 bits per heavy atom. The summed E-state index contributed by atoms with van der Waals surface area (Å²) < 4.78 is 15.0. The molecule has 0 saturated heterocycles. The summed E-state index contributed by atoms with van der Waals surface area (Å²) in [5.41, 5.74) is 4.50. The SMILES string of the molecule is CCc1nn2c(-c3cccc([N+](=O)[O-])c3)ccnc2c1-c1ccc(F)cc1. The van der Waals surface area contributed by atoms with E-state index in [9.17, 15) is 14.5 Å². The standard InChI is InChI=1S/C20H15FN4O2/c1-2-17-19(13-6-8-15(21)9-7-13)20-22-11-10-18(24(20)23-17)14-4-3-5-16(12-14)25(26)27/h3-12H,2H2,1H3. The molecule has 0 aliphatic rings. The average Bonchev–Trinajstić information content (AvgIpc) is 3.07. The van der Waals surface area contributed by atoms with Gasteiger partial charge in [-0.15, -0.1) is 0 Å². The number of hydrogen-bond acceptors (Lipinski definition) is 4. The lowest BCUT2D eigenvalue weighted by Crippen LogP contribution is -1.97. The maximum Gasteiger partial charge on any atom is 0.270 e. The van der Waals surface area contributed by atoms with Gasteiger partial charge in [0.25, 0.3) is 5.69 Å². The van der Waals surface area contributed by atoms with Crippen LogP contribution in [0.4, 0.5) is 10.1 Å². The summed E-state index contributed by atoms with van der Waals surface area (Å²) in [6.45, 7) is 1.99. The highest BCUT2D eigenvalue weighted by Gasteiger charge is 2.18. The Hall–Kier alpha value is -3.61. The molecule has 2 heterocycles. The van der Waals surface area contributed by atoms with Gasteiger partial charge >= 0.3 is 0 Å². The summed E-state index contributed by atoms with van der Waals surface area (Å²) in [5, 5.41) is 15.8. The van der Waals surface area contributed by atoms with E-state index in [1.54, 1.807) is 41.0 Å². The van der Waals surface area contributed by atoms with Gasteiger partial charge in [-0.2, -0.15) is 5.10 Å². The molecule has 0 fully saturated rings. The summed E-state index contributed by atoms with van der Waals surface area (Å²) in [4.78, 5) is 15.1. The first-order valence-corrected chi connectivity index (χ1v) is 8.46. The summed E-state index contributed by atoms with van der Waals surface area (Å²) in [5.74, 6) is -0.307. The van der Waals surface area contributed by atoms with Gasteiger partial charge in [-0.25, -0.2) is 13.9 Å². The van der Waals surface area contributed by atoms with E-state index in [4.69, 9.17) is 0 Å². The van der Waals surface area contributed by atoms with Crippen LogP contribution < -0.4 is 0 Å². The molecule has 0 saturated carbocycles. The Morgan fingerprint density at radius 3 is 2.59 bits per heavy atom. The van der Waals surface area contributed by atoms with E-state index >= 15 is 0 Å².